The largest absolute Gasteiger partial charge is 0.327 e. The van der Waals surface area contributed by atoms with Gasteiger partial charge in [0.15, 0.2) is 6.29 Å². The molecule has 3 unspecified atom stereocenters. The minimum Gasteiger partial charge on any atom is -0.310 e. The van der Waals surface area contributed by atoms with Gasteiger partial charge in [-0.1, -0.05) is 43.5 Å². The summed E-state index contributed by atoms with van der Waals surface area (Å²) in [5, 5.41) is 11.1. The number of unbranched alkanes of at least 4 members (excludes halogenated alkanes) is 2. The number of amides is 3. The zero-order valence-corrected chi connectivity index (χ0v) is 17.8. The van der Waals surface area contributed by atoms with Crippen molar-refractivity contribution in [3.05, 3.63) is 34.9 Å². The van der Waals surface area contributed by atoms with Crippen LogP contribution in [0.4, 0.5) is 4.79 Å². The number of carbonyl (C=O) groups excluding carboxylic acids is 2. The lowest BCUT2D eigenvalue weighted by molar-refractivity contribution is -0.137. The zero-order valence-electron chi connectivity index (χ0n) is 17.0. The van der Waals surface area contributed by atoms with E-state index in [-0.39, 0.29) is 24.4 Å². The summed E-state index contributed by atoms with van der Waals surface area (Å²) in [5.41, 5.74) is 1.88. The number of hydrogen-bond donors (Lipinski definition) is 1. The lowest BCUT2D eigenvalue weighted by Gasteiger charge is -2.41. The second kappa shape index (κ2) is 7.93. The first-order chi connectivity index (χ1) is 13.9. The molecular weight excluding hydrogens is 392 g/mol. The van der Waals surface area contributed by atoms with Crippen LogP contribution in [0, 0.1) is 0 Å². The first-order valence-electron chi connectivity index (χ1n) is 10.1. The van der Waals surface area contributed by atoms with Crippen molar-refractivity contribution in [2.75, 3.05) is 27.2 Å². The third-order valence-corrected chi connectivity index (χ3v) is 6.16. The molecule has 0 aliphatic carbocycles. The normalized spacial score (nSPS) is 27.2. The molecule has 1 N–H and O–H groups in total. The molecule has 0 spiro atoms. The predicted octanol–water partition coefficient (Wildman–Crippen LogP) is 1.96. The van der Waals surface area contributed by atoms with Crippen molar-refractivity contribution in [3.63, 3.8) is 0 Å². The van der Waals surface area contributed by atoms with Crippen LogP contribution in [-0.4, -0.2) is 83.0 Å². The van der Waals surface area contributed by atoms with Crippen molar-refractivity contribution >= 4 is 29.3 Å². The molecule has 29 heavy (non-hydrogen) atoms. The fourth-order valence-corrected chi connectivity index (χ4v) is 4.39. The van der Waals surface area contributed by atoms with E-state index in [1.807, 2.05) is 29.3 Å². The van der Waals surface area contributed by atoms with E-state index in [1.165, 1.54) is 4.90 Å². The van der Waals surface area contributed by atoms with Gasteiger partial charge in [-0.25, -0.2) is 9.69 Å². The van der Waals surface area contributed by atoms with Gasteiger partial charge in [-0.05, 0) is 24.1 Å². The molecule has 156 valence electrons. The summed E-state index contributed by atoms with van der Waals surface area (Å²) < 4.78 is 0. The Morgan fingerprint density at radius 1 is 1.17 bits per heavy atom. The average Bonchev–Trinajstić information content (AvgIpc) is 3.11. The molecule has 3 aliphatic rings. The molecule has 3 aliphatic heterocycles. The lowest BCUT2D eigenvalue weighted by atomic mass is 10.1. The monoisotopic (exact) mass is 418 g/mol. The van der Waals surface area contributed by atoms with Crippen LogP contribution in [0.1, 0.15) is 31.7 Å². The number of fused-ring (bicyclic) bond motifs is 3. The number of halogens is 1. The maximum Gasteiger partial charge on any atom is 0.327 e. The topological polar surface area (TPSA) is 71.5 Å². The smallest absolute Gasteiger partial charge is 0.310 e. The van der Waals surface area contributed by atoms with Crippen LogP contribution in [0.2, 0.25) is 5.02 Å². The molecule has 8 nitrogen and oxygen atoms in total. The molecule has 0 saturated carbocycles. The van der Waals surface area contributed by atoms with Crippen LogP contribution >= 0.6 is 11.6 Å². The van der Waals surface area contributed by atoms with Crippen molar-refractivity contribution in [1.82, 2.24) is 25.0 Å². The fourth-order valence-electron chi connectivity index (χ4n) is 4.27. The summed E-state index contributed by atoms with van der Waals surface area (Å²) in [4.78, 5) is 30.3. The van der Waals surface area contributed by atoms with Crippen LogP contribution in [-0.2, 0) is 4.79 Å². The average molecular weight is 419 g/mol. The summed E-state index contributed by atoms with van der Waals surface area (Å²) >= 11 is 6.05. The molecule has 1 aromatic rings. The molecule has 0 aromatic heterocycles. The van der Waals surface area contributed by atoms with Gasteiger partial charge in [0.2, 0.25) is 0 Å². The van der Waals surface area contributed by atoms with Gasteiger partial charge in [-0.2, -0.15) is 5.10 Å². The second-order valence-electron chi connectivity index (χ2n) is 7.82. The van der Waals surface area contributed by atoms with E-state index >= 15 is 0 Å². The van der Waals surface area contributed by atoms with Crippen molar-refractivity contribution in [2.45, 2.75) is 44.7 Å². The van der Waals surface area contributed by atoms with Crippen molar-refractivity contribution in [3.8, 4) is 0 Å². The summed E-state index contributed by atoms with van der Waals surface area (Å²) in [6, 6.07) is 6.88. The van der Waals surface area contributed by atoms with Gasteiger partial charge < -0.3 is 4.90 Å². The highest BCUT2D eigenvalue weighted by molar-refractivity contribution is 6.30. The van der Waals surface area contributed by atoms with Crippen LogP contribution in [0.15, 0.2) is 29.4 Å². The molecule has 2 fully saturated rings. The molecule has 2 saturated heterocycles. The number of urea groups is 1. The number of hydrazone groups is 1. The van der Waals surface area contributed by atoms with E-state index in [4.69, 9.17) is 16.7 Å². The predicted molar refractivity (Wildman–Crippen MR) is 111 cm³/mol. The maximum atomic E-state index is 13.0. The van der Waals surface area contributed by atoms with Gasteiger partial charge in [0.05, 0.1) is 5.71 Å². The van der Waals surface area contributed by atoms with Gasteiger partial charge in [-0.3, -0.25) is 20.0 Å². The Bertz CT molecular complexity index is 829. The van der Waals surface area contributed by atoms with E-state index in [9.17, 15) is 9.59 Å². The Kier molecular flexibility index (Phi) is 5.50. The number of hydrogen-bond acceptors (Lipinski definition) is 6. The van der Waals surface area contributed by atoms with Gasteiger partial charge >= 0.3 is 6.03 Å². The van der Waals surface area contributed by atoms with E-state index < -0.39 is 6.04 Å². The Labute approximate surface area is 176 Å². The van der Waals surface area contributed by atoms with E-state index in [0.717, 1.165) is 37.1 Å². The highest BCUT2D eigenvalue weighted by atomic mass is 35.5. The van der Waals surface area contributed by atoms with E-state index in [2.05, 4.69) is 17.1 Å². The number of rotatable bonds is 5. The van der Waals surface area contributed by atoms with Gasteiger partial charge in [0, 0.05) is 32.2 Å². The minimum absolute atomic E-state index is 0.182. The Hall–Kier alpha value is -2.16. The van der Waals surface area contributed by atoms with Crippen molar-refractivity contribution in [2.24, 2.45) is 5.10 Å². The van der Waals surface area contributed by atoms with Crippen molar-refractivity contribution < 1.29 is 9.59 Å². The summed E-state index contributed by atoms with van der Waals surface area (Å²) in [5.74, 6) is -0.182. The van der Waals surface area contributed by atoms with Gasteiger partial charge in [0.1, 0.15) is 12.2 Å². The standard InChI is InChI=1S/C20H27ClN6O2/c1-4-5-6-11-27-19-22-17-16(18(28)25(3)20(29)24(17)2)26(19)12-15(23-27)13-7-9-14(21)10-8-13/h7-10,16-17,19,22H,4-6,11-12H2,1-3H3. The Morgan fingerprint density at radius 2 is 1.90 bits per heavy atom. The molecule has 9 heteroatoms. The Morgan fingerprint density at radius 3 is 2.59 bits per heavy atom. The Balaban J connectivity index is 1.67. The van der Waals surface area contributed by atoms with Crippen LogP contribution in [0.25, 0.3) is 0 Å². The summed E-state index contributed by atoms with van der Waals surface area (Å²) in [6.07, 6.45) is 2.66. The van der Waals surface area contributed by atoms with E-state index in [1.54, 1.807) is 19.0 Å². The number of nitrogens with one attached hydrogen (secondary N) is 1. The SMILES string of the molecule is CCCCCN1N=C(c2ccc(Cl)cc2)CN2C3C(=O)N(C)C(=O)N(C)C3NC12. The molecule has 4 rings (SSSR count). The third kappa shape index (κ3) is 3.49. The number of carbonyl (C=O) groups is 2. The third-order valence-electron chi connectivity index (χ3n) is 5.91. The molecular formula is C20H27ClN6O2. The number of imide groups is 1. The molecule has 3 amide bonds. The summed E-state index contributed by atoms with van der Waals surface area (Å²) in [6.45, 7) is 3.47. The second-order valence-corrected chi connectivity index (χ2v) is 8.25. The molecule has 0 bridgehead atoms. The number of benzene rings is 1. The van der Waals surface area contributed by atoms with Gasteiger partial charge in [0.25, 0.3) is 5.91 Å². The molecule has 0 radical (unpaired) electrons. The minimum atomic E-state index is -0.445. The van der Waals surface area contributed by atoms with Crippen LogP contribution < -0.4 is 5.32 Å². The molecule has 3 atom stereocenters. The van der Waals surface area contributed by atoms with E-state index in [0.29, 0.717) is 11.6 Å². The fraction of sp³-hybridized carbons (Fsp3) is 0.550. The molecule has 1 aromatic carbocycles. The first kappa shape index (κ1) is 20.1. The van der Waals surface area contributed by atoms with Gasteiger partial charge in [-0.15, -0.1) is 0 Å². The summed E-state index contributed by atoms with van der Waals surface area (Å²) in [7, 11) is 3.28. The molecule has 3 heterocycles. The van der Waals surface area contributed by atoms with Crippen molar-refractivity contribution in [1.29, 1.82) is 0 Å². The zero-order chi connectivity index (χ0) is 20.7. The lowest BCUT2D eigenvalue weighted by Crippen LogP contribution is -2.65. The maximum absolute atomic E-state index is 13.0. The van der Waals surface area contributed by atoms with Crippen LogP contribution in [0.3, 0.4) is 0 Å². The first-order valence-corrected chi connectivity index (χ1v) is 10.5. The highest BCUT2D eigenvalue weighted by Gasteiger charge is 2.55. The number of nitrogens with zero attached hydrogens (tertiary/aromatic N) is 5. The van der Waals surface area contributed by atoms with Crippen LogP contribution in [0.5, 0.6) is 0 Å². The highest BCUT2D eigenvalue weighted by Crippen LogP contribution is 2.30. The number of likely N-dealkylation sites (N-methyl/N-ethyl adjacent to an activating group) is 2. The quantitative estimate of drug-likeness (QED) is 0.740.